The maximum absolute atomic E-state index is 11.8. The fourth-order valence-electron chi connectivity index (χ4n) is 1.21. The second-order valence-electron chi connectivity index (χ2n) is 4.94. The van der Waals surface area contributed by atoms with Crippen molar-refractivity contribution in [3.63, 3.8) is 0 Å². The Morgan fingerprint density at radius 2 is 2.17 bits per heavy atom. The molecule has 1 rings (SSSR count). The van der Waals surface area contributed by atoms with Gasteiger partial charge in [0.25, 0.3) is 0 Å². The fraction of sp³-hybridized carbons (Fsp3) is 0.583. The topological polar surface area (TPSA) is 68.3 Å². The van der Waals surface area contributed by atoms with Crippen molar-refractivity contribution in [2.24, 2.45) is 0 Å². The van der Waals surface area contributed by atoms with Crippen LogP contribution in [0.4, 0.5) is 4.79 Å². The number of amides is 1. The SMILES string of the molecule is C[C@@H](NC(=O)OC(C)(C)C)C(=O)Cc1nccs1. The number of nitrogens with one attached hydrogen (secondary N) is 1. The first-order chi connectivity index (χ1) is 8.28. The van der Waals surface area contributed by atoms with Crippen molar-refractivity contribution in [2.45, 2.75) is 45.8 Å². The molecular formula is C12H18N2O3S. The molecular weight excluding hydrogens is 252 g/mol. The Labute approximate surface area is 111 Å². The third kappa shape index (κ3) is 5.27. The molecule has 1 heterocycles. The smallest absolute Gasteiger partial charge is 0.408 e. The van der Waals surface area contributed by atoms with Gasteiger partial charge in [0.05, 0.1) is 17.5 Å². The van der Waals surface area contributed by atoms with Gasteiger partial charge in [-0.25, -0.2) is 9.78 Å². The Balaban J connectivity index is 2.42. The molecule has 0 saturated carbocycles. The fourth-order valence-corrected chi connectivity index (χ4v) is 1.83. The van der Waals surface area contributed by atoms with Crippen LogP contribution in [0.25, 0.3) is 0 Å². The van der Waals surface area contributed by atoms with Crippen molar-refractivity contribution in [3.05, 3.63) is 16.6 Å². The summed E-state index contributed by atoms with van der Waals surface area (Å²) in [6.07, 6.45) is 1.30. The molecule has 0 aromatic carbocycles. The zero-order valence-electron chi connectivity index (χ0n) is 11.0. The van der Waals surface area contributed by atoms with Gasteiger partial charge in [0.15, 0.2) is 5.78 Å². The third-order valence-electron chi connectivity index (χ3n) is 2.03. The van der Waals surface area contributed by atoms with E-state index in [0.717, 1.165) is 5.01 Å². The second-order valence-corrected chi connectivity index (χ2v) is 5.92. The second kappa shape index (κ2) is 5.95. The summed E-state index contributed by atoms with van der Waals surface area (Å²) in [5.41, 5.74) is -0.567. The van der Waals surface area contributed by atoms with Gasteiger partial charge in [0.1, 0.15) is 5.60 Å². The summed E-state index contributed by atoms with van der Waals surface area (Å²) in [5.74, 6) is -0.0872. The lowest BCUT2D eigenvalue weighted by Gasteiger charge is -2.21. The lowest BCUT2D eigenvalue weighted by molar-refractivity contribution is -0.120. The highest BCUT2D eigenvalue weighted by Crippen LogP contribution is 2.08. The summed E-state index contributed by atoms with van der Waals surface area (Å²) >= 11 is 1.42. The Morgan fingerprint density at radius 1 is 1.50 bits per heavy atom. The summed E-state index contributed by atoms with van der Waals surface area (Å²) < 4.78 is 5.08. The van der Waals surface area contributed by atoms with E-state index in [9.17, 15) is 9.59 Å². The van der Waals surface area contributed by atoms with Crippen molar-refractivity contribution in [2.75, 3.05) is 0 Å². The lowest BCUT2D eigenvalue weighted by Crippen LogP contribution is -2.42. The number of alkyl carbamates (subject to hydrolysis) is 1. The Morgan fingerprint density at radius 3 is 2.67 bits per heavy atom. The molecule has 5 nitrogen and oxygen atoms in total. The van der Waals surface area contributed by atoms with E-state index in [1.807, 2.05) is 5.38 Å². The summed E-state index contributed by atoms with van der Waals surface area (Å²) in [6, 6.07) is -0.580. The minimum absolute atomic E-state index is 0.0872. The van der Waals surface area contributed by atoms with E-state index in [1.165, 1.54) is 11.3 Å². The van der Waals surface area contributed by atoms with Gasteiger partial charge in [-0.1, -0.05) is 0 Å². The molecule has 0 bridgehead atoms. The van der Waals surface area contributed by atoms with E-state index in [2.05, 4.69) is 10.3 Å². The van der Waals surface area contributed by atoms with Crippen molar-refractivity contribution in [3.8, 4) is 0 Å². The quantitative estimate of drug-likeness (QED) is 0.910. The molecule has 1 aromatic rings. The highest BCUT2D eigenvalue weighted by atomic mass is 32.1. The number of hydrogen-bond donors (Lipinski definition) is 1. The maximum atomic E-state index is 11.8. The molecule has 0 saturated heterocycles. The van der Waals surface area contributed by atoms with E-state index >= 15 is 0 Å². The van der Waals surface area contributed by atoms with Crippen LogP contribution in [0, 0.1) is 0 Å². The van der Waals surface area contributed by atoms with Gasteiger partial charge in [-0.15, -0.1) is 11.3 Å². The molecule has 0 aliphatic rings. The molecule has 100 valence electrons. The third-order valence-corrected chi connectivity index (χ3v) is 2.80. The van der Waals surface area contributed by atoms with Crippen molar-refractivity contribution in [1.29, 1.82) is 0 Å². The standard InChI is InChI=1S/C12H18N2O3S/c1-8(14-11(16)17-12(2,3)4)9(15)7-10-13-5-6-18-10/h5-6,8H,7H2,1-4H3,(H,14,16)/t8-/m1/s1. The van der Waals surface area contributed by atoms with Gasteiger partial charge >= 0.3 is 6.09 Å². The normalized spacial score (nSPS) is 12.9. The van der Waals surface area contributed by atoms with E-state index in [1.54, 1.807) is 33.9 Å². The first-order valence-corrected chi connectivity index (χ1v) is 6.56. The number of Topliss-reactive ketones (excluding diaryl/α,β-unsaturated/α-hetero) is 1. The molecule has 0 aliphatic carbocycles. The van der Waals surface area contributed by atoms with Crippen molar-refractivity contribution in [1.82, 2.24) is 10.3 Å². The molecule has 1 atom stereocenters. The van der Waals surface area contributed by atoms with E-state index < -0.39 is 17.7 Å². The number of rotatable bonds is 4. The first kappa shape index (κ1) is 14.6. The Bertz CT molecular complexity index is 409. The van der Waals surface area contributed by atoms with Crippen LogP contribution in [0.3, 0.4) is 0 Å². The van der Waals surface area contributed by atoms with Crippen LogP contribution in [-0.4, -0.2) is 28.5 Å². The van der Waals surface area contributed by atoms with Crippen LogP contribution in [0.15, 0.2) is 11.6 Å². The number of carbonyl (C=O) groups is 2. The van der Waals surface area contributed by atoms with E-state index in [0.29, 0.717) is 0 Å². The van der Waals surface area contributed by atoms with Crippen molar-refractivity contribution >= 4 is 23.2 Å². The molecule has 18 heavy (non-hydrogen) atoms. The number of thiazole rings is 1. The number of ketones is 1. The van der Waals surface area contributed by atoms with Crippen LogP contribution in [0.5, 0.6) is 0 Å². The number of aromatic nitrogens is 1. The van der Waals surface area contributed by atoms with E-state index in [4.69, 9.17) is 4.74 Å². The van der Waals surface area contributed by atoms with Gasteiger partial charge in [-0.3, -0.25) is 4.79 Å². The molecule has 0 fully saturated rings. The van der Waals surface area contributed by atoms with Gasteiger partial charge in [0.2, 0.25) is 0 Å². The highest BCUT2D eigenvalue weighted by Gasteiger charge is 2.21. The van der Waals surface area contributed by atoms with Crippen LogP contribution >= 0.6 is 11.3 Å². The average molecular weight is 270 g/mol. The number of carbonyl (C=O) groups excluding carboxylic acids is 2. The molecule has 6 heteroatoms. The van der Waals surface area contributed by atoms with Crippen molar-refractivity contribution < 1.29 is 14.3 Å². The van der Waals surface area contributed by atoms with Crippen LogP contribution in [0.1, 0.15) is 32.7 Å². The zero-order chi connectivity index (χ0) is 13.8. The number of ether oxygens (including phenoxy) is 1. The minimum Gasteiger partial charge on any atom is -0.444 e. The first-order valence-electron chi connectivity index (χ1n) is 5.68. The maximum Gasteiger partial charge on any atom is 0.408 e. The molecule has 1 N–H and O–H groups in total. The number of nitrogens with zero attached hydrogens (tertiary/aromatic N) is 1. The monoisotopic (exact) mass is 270 g/mol. The molecule has 0 spiro atoms. The van der Waals surface area contributed by atoms with Gasteiger partial charge in [0, 0.05) is 11.6 Å². The predicted octanol–water partition coefficient (Wildman–Crippen LogP) is 2.17. The van der Waals surface area contributed by atoms with E-state index in [-0.39, 0.29) is 12.2 Å². The largest absolute Gasteiger partial charge is 0.444 e. The molecule has 0 radical (unpaired) electrons. The van der Waals surface area contributed by atoms with Gasteiger partial charge in [-0.05, 0) is 27.7 Å². The minimum atomic E-state index is -0.581. The van der Waals surface area contributed by atoms with Crippen LogP contribution in [0.2, 0.25) is 0 Å². The molecule has 0 unspecified atom stereocenters. The van der Waals surface area contributed by atoms with Crippen LogP contribution < -0.4 is 5.32 Å². The summed E-state index contributed by atoms with van der Waals surface area (Å²) in [6.45, 7) is 6.96. The van der Waals surface area contributed by atoms with Gasteiger partial charge < -0.3 is 10.1 Å². The van der Waals surface area contributed by atoms with Gasteiger partial charge in [-0.2, -0.15) is 0 Å². The summed E-state index contributed by atoms with van der Waals surface area (Å²) in [5, 5.41) is 5.08. The zero-order valence-corrected chi connectivity index (χ0v) is 11.8. The molecule has 1 aromatic heterocycles. The summed E-state index contributed by atoms with van der Waals surface area (Å²) in [4.78, 5) is 27.3. The van der Waals surface area contributed by atoms with Crippen LogP contribution in [-0.2, 0) is 16.0 Å². The highest BCUT2D eigenvalue weighted by molar-refractivity contribution is 7.09. The summed E-state index contributed by atoms with van der Waals surface area (Å²) in [7, 11) is 0. The number of hydrogen-bond acceptors (Lipinski definition) is 5. The predicted molar refractivity (Wildman–Crippen MR) is 69.7 cm³/mol. The molecule has 1 amide bonds. The Hall–Kier alpha value is -1.43. The lowest BCUT2D eigenvalue weighted by atomic mass is 10.1. The molecule has 0 aliphatic heterocycles. The Kier molecular flexibility index (Phi) is 4.84. The average Bonchev–Trinajstić information content (AvgIpc) is 2.66.